The van der Waals surface area contributed by atoms with Crippen molar-refractivity contribution in [3.05, 3.63) is 36.5 Å². The van der Waals surface area contributed by atoms with Crippen LogP contribution < -0.4 is 5.32 Å². The van der Waals surface area contributed by atoms with E-state index in [2.05, 4.69) is 47.7 Å². The van der Waals surface area contributed by atoms with E-state index < -0.39 is 78.5 Å². The average molecular weight is 960 g/mol. The first-order chi connectivity index (χ1) is 31.9. The largest absolute Gasteiger partial charge is 0.397 e. The number of hydrogen-bond donors (Lipinski definition) is 7. The molecular formula is C52H97NO12S. The summed E-state index contributed by atoms with van der Waals surface area (Å²) in [4.78, 5) is 13.2. The summed E-state index contributed by atoms with van der Waals surface area (Å²) in [5.74, 6) is -0.715. The van der Waals surface area contributed by atoms with Gasteiger partial charge in [-0.05, 0) is 57.8 Å². The first kappa shape index (κ1) is 62.3. The Morgan fingerprint density at radius 2 is 1.02 bits per heavy atom. The zero-order chi connectivity index (χ0) is 48.5. The summed E-state index contributed by atoms with van der Waals surface area (Å²) in [5, 5.41) is 55.4. The summed E-state index contributed by atoms with van der Waals surface area (Å²) in [6.07, 6.45) is 39.4. The predicted octanol–water partition coefficient (Wildman–Crippen LogP) is 10.4. The second-order valence-electron chi connectivity index (χ2n) is 18.6. The van der Waals surface area contributed by atoms with Crippen LogP contribution in [0.15, 0.2) is 36.5 Å². The monoisotopic (exact) mass is 960 g/mol. The Bertz CT molecular complexity index is 1330. The Morgan fingerprint density at radius 1 is 0.606 bits per heavy atom. The van der Waals surface area contributed by atoms with E-state index in [1.807, 2.05) is 0 Å². The number of carbonyl (C=O) groups is 1. The molecule has 14 heteroatoms. The van der Waals surface area contributed by atoms with Crippen LogP contribution >= 0.6 is 0 Å². The van der Waals surface area contributed by atoms with Crippen molar-refractivity contribution in [2.75, 3.05) is 13.2 Å². The van der Waals surface area contributed by atoms with E-state index in [1.165, 1.54) is 134 Å². The molecule has 0 aliphatic carbocycles. The predicted molar refractivity (Wildman–Crippen MR) is 265 cm³/mol. The summed E-state index contributed by atoms with van der Waals surface area (Å²) in [5.41, 5.74) is 0. The summed E-state index contributed by atoms with van der Waals surface area (Å²) in [7, 11) is -5.13. The van der Waals surface area contributed by atoms with Gasteiger partial charge in [-0.15, -0.1) is 0 Å². The lowest BCUT2D eigenvalue weighted by molar-refractivity contribution is -0.298. The number of allylic oxidation sites excluding steroid dienone is 5. The lowest BCUT2D eigenvalue weighted by Gasteiger charge is -2.41. The highest BCUT2D eigenvalue weighted by atomic mass is 32.3. The molecule has 66 heavy (non-hydrogen) atoms. The number of aliphatic hydroxyl groups excluding tert-OH is 5. The third-order valence-corrected chi connectivity index (χ3v) is 13.0. The molecule has 13 nitrogen and oxygen atoms in total. The minimum Gasteiger partial charge on any atom is -0.394 e. The van der Waals surface area contributed by atoms with Gasteiger partial charge in [0.15, 0.2) is 6.29 Å². The summed E-state index contributed by atoms with van der Waals surface area (Å²) < 4.78 is 47.6. The molecule has 1 aliphatic rings. The summed E-state index contributed by atoms with van der Waals surface area (Å²) >= 11 is 0. The van der Waals surface area contributed by atoms with Gasteiger partial charge in [-0.25, -0.2) is 4.18 Å². The Morgan fingerprint density at radius 3 is 1.45 bits per heavy atom. The SMILES string of the molecule is CCCCCCCCCCCC/C=C/CC/C=C/C(O)C(COC1OC(CO)C(O)C(OS(=O)(=O)O)C1O)NC(=O)C(O)CCCCCCCC/C=C\CCCCCCCCCCCCC. The van der Waals surface area contributed by atoms with Gasteiger partial charge in [0.2, 0.25) is 5.91 Å². The molecule has 1 saturated heterocycles. The number of rotatable bonds is 45. The number of hydrogen-bond acceptors (Lipinski definition) is 11. The minimum absolute atomic E-state index is 0.230. The third kappa shape index (κ3) is 33.7. The molecule has 388 valence electrons. The lowest BCUT2D eigenvalue weighted by Crippen LogP contribution is -2.61. The number of amides is 1. The van der Waals surface area contributed by atoms with E-state index >= 15 is 0 Å². The highest BCUT2D eigenvalue weighted by Gasteiger charge is 2.48. The van der Waals surface area contributed by atoms with E-state index in [0.717, 1.165) is 64.2 Å². The zero-order valence-electron chi connectivity index (χ0n) is 41.4. The first-order valence-corrected chi connectivity index (χ1v) is 27.8. The van der Waals surface area contributed by atoms with Gasteiger partial charge < -0.3 is 40.3 Å². The van der Waals surface area contributed by atoms with Gasteiger partial charge in [-0.3, -0.25) is 9.35 Å². The molecule has 0 bridgehead atoms. The van der Waals surface area contributed by atoms with Crippen molar-refractivity contribution in [1.82, 2.24) is 5.32 Å². The Hall–Kier alpha value is -1.72. The lowest BCUT2D eigenvalue weighted by atomic mass is 9.99. The third-order valence-electron chi connectivity index (χ3n) is 12.5. The maximum atomic E-state index is 13.2. The quantitative estimate of drug-likeness (QED) is 0.0173. The fourth-order valence-electron chi connectivity index (χ4n) is 8.30. The molecular weight excluding hydrogens is 863 g/mol. The van der Waals surface area contributed by atoms with Crippen LogP contribution in [0, 0.1) is 0 Å². The molecule has 1 aliphatic heterocycles. The normalized spacial score (nSPS) is 20.8. The molecule has 0 radical (unpaired) electrons. The number of carbonyl (C=O) groups excluding carboxylic acids is 1. The van der Waals surface area contributed by atoms with Gasteiger partial charge in [-0.1, -0.05) is 204 Å². The van der Waals surface area contributed by atoms with Gasteiger partial charge in [-0.2, -0.15) is 8.42 Å². The van der Waals surface area contributed by atoms with E-state index in [1.54, 1.807) is 6.08 Å². The van der Waals surface area contributed by atoms with Gasteiger partial charge in [0.25, 0.3) is 0 Å². The Balaban J connectivity index is 2.51. The maximum absolute atomic E-state index is 13.2. The average Bonchev–Trinajstić information content (AvgIpc) is 3.29. The molecule has 1 amide bonds. The van der Waals surface area contributed by atoms with Crippen LogP contribution in [0.4, 0.5) is 0 Å². The fraction of sp³-hybridized carbons (Fsp3) is 0.865. The highest BCUT2D eigenvalue weighted by molar-refractivity contribution is 7.80. The number of aliphatic hydroxyl groups is 5. The van der Waals surface area contributed by atoms with Crippen molar-refractivity contribution in [3.63, 3.8) is 0 Å². The molecule has 7 N–H and O–H groups in total. The maximum Gasteiger partial charge on any atom is 0.397 e. The molecule has 1 heterocycles. The summed E-state index contributed by atoms with van der Waals surface area (Å²) in [6.45, 7) is 3.22. The van der Waals surface area contributed by atoms with Crippen molar-refractivity contribution < 1.29 is 57.0 Å². The molecule has 0 saturated carbocycles. The van der Waals surface area contributed by atoms with E-state index in [0.29, 0.717) is 12.8 Å². The van der Waals surface area contributed by atoms with Crippen LogP contribution in [-0.2, 0) is 28.9 Å². The highest BCUT2D eigenvalue weighted by Crippen LogP contribution is 2.26. The van der Waals surface area contributed by atoms with Crippen LogP contribution in [-0.4, -0.2) is 107 Å². The van der Waals surface area contributed by atoms with Crippen molar-refractivity contribution in [1.29, 1.82) is 0 Å². The summed E-state index contributed by atoms with van der Waals surface area (Å²) in [6, 6.07) is -1.14. The molecule has 0 aromatic heterocycles. The van der Waals surface area contributed by atoms with E-state index in [9.17, 15) is 43.3 Å². The number of unbranched alkanes of at least 4 members (excludes halogenated alkanes) is 28. The van der Waals surface area contributed by atoms with Crippen molar-refractivity contribution in [2.45, 2.75) is 275 Å². The molecule has 0 spiro atoms. The van der Waals surface area contributed by atoms with Gasteiger partial charge in [0.1, 0.15) is 30.5 Å². The molecule has 8 atom stereocenters. The Labute approximate surface area is 401 Å². The van der Waals surface area contributed by atoms with Crippen LogP contribution in [0.3, 0.4) is 0 Å². The van der Waals surface area contributed by atoms with Gasteiger partial charge in [0, 0.05) is 0 Å². The van der Waals surface area contributed by atoms with Crippen molar-refractivity contribution in [2.24, 2.45) is 0 Å². The molecule has 0 aromatic rings. The molecule has 8 unspecified atom stereocenters. The van der Waals surface area contributed by atoms with Crippen molar-refractivity contribution >= 4 is 16.3 Å². The van der Waals surface area contributed by atoms with E-state index in [-0.39, 0.29) is 6.42 Å². The second-order valence-corrected chi connectivity index (χ2v) is 19.6. The number of nitrogens with one attached hydrogen (secondary N) is 1. The van der Waals surface area contributed by atoms with Gasteiger partial charge >= 0.3 is 10.4 Å². The topological polar surface area (TPSA) is 212 Å². The standard InChI is InChI=1S/C52H97NO12S/c1-3-5-7-9-11-13-15-17-19-21-22-23-24-25-27-29-31-33-35-37-39-41-46(56)51(59)53-44(43-63-52-49(58)50(65-66(60,61)62)48(57)47(42-54)64-52)45(55)40-38-36-34-32-30-28-26-20-18-16-14-12-10-8-6-4-2/h24-25,30,32,38,40,44-50,52,54-58H,3-23,26-29,31,33-37,39,41-43H2,1-2H3,(H,53,59)(H,60,61,62)/b25-24-,32-30+,40-38+. The fourth-order valence-corrected chi connectivity index (χ4v) is 8.80. The van der Waals surface area contributed by atoms with Gasteiger partial charge in [0.05, 0.1) is 25.4 Å². The van der Waals surface area contributed by atoms with Crippen LogP contribution in [0.25, 0.3) is 0 Å². The Kier molecular flexibility index (Phi) is 39.8. The second kappa shape index (κ2) is 42.2. The van der Waals surface area contributed by atoms with Crippen LogP contribution in [0.1, 0.15) is 226 Å². The molecule has 0 aromatic carbocycles. The van der Waals surface area contributed by atoms with Crippen molar-refractivity contribution in [3.8, 4) is 0 Å². The zero-order valence-corrected chi connectivity index (χ0v) is 42.2. The molecule has 1 rings (SSSR count). The van der Waals surface area contributed by atoms with Crippen LogP contribution in [0.5, 0.6) is 0 Å². The first-order valence-electron chi connectivity index (χ1n) is 26.5. The van der Waals surface area contributed by atoms with Crippen LogP contribution in [0.2, 0.25) is 0 Å². The minimum atomic E-state index is -5.13. The molecule has 1 fully saturated rings. The number of ether oxygens (including phenoxy) is 2. The van der Waals surface area contributed by atoms with E-state index in [4.69, 9.17) is 9.47 Å². The smallest absolute Gasteiger partial charge is 0.394 e.